The molecule has 106 valence electrons. The van der Waals surface area contributed by atoms with E-state index in [1.807, 2.05) is 0 Å². The van der Waals surface area contributed by atoms with E-state index in [0.29, 0.717) is 6.42 Å². The monoisotopic (exact) mass is 258 g/mol. The molecule has 1 aliphatic heterocycles. The number of hydrogen-bond acceptors (Lipinski definition) is 4. The average molecular weight is 258 g/mol. The van der Waals surface area contributed by atoms with Crippen LogP contribution in [0, 0.1) is 17.8 Å². The van der Waals surface area contributed by atoms with Crippen molar-refractivity contribution in [2.24, 2.45) is 17.8 Å². The van der Waals surface area contributed by atoms with Crippen LogP contribution in [0.5, 0.6) is 0 Å². The van der Waals surface area contributed by atoms with E-state index in [0.717, 1.165) is 18.8 Å². The Morgan fingerprint density at radius 2 is 1.94 bits per heavy atom. The molecule has 18 heavy (non-hydrogen) atoms. The van der Waals surface area contributed by atoms with Gasteiger partial charge in [0.05, 0.1) is 25.2 Å². The molecule has 1 aliphatic rings. The minimum atomic E-state index is -0.670. The van der Waals surface area contributed by atoms with Gasteiger partial charge in [0.1, 0.15) is 0 Å². The zero-order chi connectivity index (χ0) is 13.5. The third kappa shape index (κ3) is 4.58. The molecule has 3 atom stereocenters. The Hall–Kier alpha value is -0.610. The van der Waals surface area contributed by atoms with Gasteiger partial charge >= 0.3 is 5.97 Å². The van der Waals surface area contributed by atoms with Gasteiger partial charge in [-0.1, -0.05) is 39.5 Å². The molecule has 1 fully saturated rings. The topological polar surface area (TPSA) is 66.8 Å². The van der Waals surface area contributed by atoms with Gasteiger partial charge in [-0.3, -0.25) is 4.79 Å². The van der Waals surface area contributed by atoms with E-state index in [4.69, 9.17) is 9.84 Å². The summed E-state index contributed by atoms with van der Waals surface area (Å²) in [7, 11) is 0. The molecule has 0 aliphatic carbocycles. The highest BCUT2D eigenvalue weighted by molar-refractivity contribution is 5.75. The standard InChI is InChI=1S/C14H26O4/c1-10(2)6-4-3-5-7-12(16)13-11(8-15)9-18-14(13)17/h10-13,15-16H,3-9H2,1-2H3/t11-,12?,13-/m1/s1. The summed E-state index contributed by atoms with van der Waals surface area (Å²) in [5.41, 5.74) is 0. The van der Waals surface area contributed by atoms with E-state index in [1.165, 1.54) is 12.8 Å². The van der Waals surface area contributed by atoms with Crippen molar-refractivity contribution in [1.29, 1.82) is 0 Å². The number of aliphatic hydroxyl groups excluding tert-OH is 2. The summed E-state index contributed by atoms with van der Waals surface area (Å²) in [5.74, 6) is -0.398. The molecule has 0 amide bonds. The van der Waals surface area contributed by atoms with Gasteiger partial charge in [-0.25, -0.2) is 0 Å². The maximum Gasteiger partial charge on any atom is 0.312 e. The van der Waals surface area contributed by atoms with Crippen LogP contribution in [0.15, 0.2) is 0 Å². The Balaban J connectivity index is 2.23. The highest BCUT2D eigenvalue weighted by atomic mass is 16.5. The van der Waals surface area contributed by atoms with E-state index in [-0.39, 0.29) is 25.1 Å². The van der Waals surface area contributed by atoms with Crippen molar-refractivity contribution in [3.8, 4) is 0 Å². The first kappa shape index (κ1) is 15.4. The fraction of sp³-hybridized carbons (Fsp3) is 0.929. The number of carbonyl (C=O) groups is 1. The predicted octanol–water partition coefficient (Wildman–Crippen LogP) is 1.74. The van der Waals surface area contributed by atoms with Gasteiger partial charge in [-0.15, -0.1) is 0 Å². The number of unbranched alkanes of at least 4 members (excludes halogenated alkanes) is 2. The summed E-state index contributed by atoms with van der Waals surface area (Å²) >= 11 is 0. The minimum absolute atomic E-state index is 0.0964. The molecule has 0 saturated carbocycles. The lowest BCUT2D eigenvalue weighted by molar-refractivity contribution is -0.144. The van der Waals surface area contributed by atoms with Crippen LogP contribution < -0.4 is 0 Å². The molecule has 0 spiro atoms. The van der Waals surface area contributed by atoms with Crippen molar-refractivity contribution in [3.63, 3.8) is 0 Å². The summed E-state index contributed by atoms with van der Waals surface area (Å²) in [5, 5.41) is 19.1. The van der Waals surface area contributed by atoms with Crippen molar-refractivity contribution in [3.05, 3.63) is 0 Å². The van der Waals surface area contributed by atoms with E-state index in [2.05, 4.69) is 13.8 Å². The fourth-order valence-corrected chi connectivity index (χ4v) is 2.48. The first-order valence-corrected chi connectivity index (χ1v) is 7.01. The molecule has 0 aromatic heterocycles. The number of cyclic esters (lactones) is 1. The van der Waals surface area contributed by atoms with Gasteiger partial charge in [-0.2, -0.15) is 0 Å². The van der Waals surface area contributed by atoms with Crippen molar-refractivity contribution >= 4 is 5.97 Å². The summed E-state index contributed by atoms with van der Waals surface area (Å²) in [6.45, 7) is 4.55. The molecule has 1 rings (SSSR count). The summed E-state index contributed by atoms with van der Waals surface area (Å²) in [6, 6.07) is 0. The molecule has 2 N–H and O–H groups in total. The Bertz CT molecular complexity index is 252. The zero-order valence-electron chi connectivity index (χ0n) is 11.5. The number of ether oxygens (including phenoxy) is 1. The molecule has 4 nitrogen and oxygen atoms in total. The molecular formula is C14H26O4. The van der Waals surface area contributed by atoms with Crippen LogP contribution in [0.2, 0.25) is 0 Å². The third-order valence-electron chi connectivity index (χ3n) is 3.65. The average Bonchev–Trinajstić information content (AvgIpc) is 2.69. The number of hydrogen-bond donors (Lipinski definition) is 2. The van der Waals surface area contributed by atoms with E-state index in [9.17, 15) is 9.90 Å². The van der Waals surface area contributed by atoms with Crippen LogP contribution >= 0.6 is 0 Å². The molecule has 1 unspecified atom stereocenters. The van der Waals surface area contributed by atoms with Gasteiger partial charge in [0.25, 0.3) is 0 Å². The van der Waals surface area contributed by atoms with Crippen molar-refractivity contribution in [2.45, 2.75) is 52.1 Å². The number of rotatable bonds is 8. The molecular weight excluding hydrogens is 232 g/mol. The van der Waals surface area contributed by atoms with Crippen molar-refractivity contribution < 1.29 is 19.7 Å². The first-order valence-electron chi connectivity index (χ1n) is 7.01. The highest BCUT2D eigenvalue weighted by Crippen LogP contribution is 2.27. The normalized spacial score (nSPS) is 25.5. The van der Waals surface area contributed by atoms with Crippen LogP contribution in [-0.4, -0.2) is 35.5 Å². The lowest BCUT2D eigenvalue weighted by Crippen LogP contribution is -2.31. The fourth-order valence-electron chi connectivity index (χ4n) is 2.48. The smallest absolute Gasteiger partial charge is 0.312 e. The Morgan fingerprint density at radius 3 is 2.56 bits per heavy atom. The van der Waals surface area contributed by atoms with Crippen molar-refractivity contribution in [2.75, 3.05) is 13.2 Å². The molecule has 0 bridgehead atoms. The number of aliphatic hydroxyl groups is 2. The SMILES string of the molecule is CC(C)CCCCCC(O)[C@@H]1C(=O)OC[C@H]1CO. The van der Waals surface area contributed by atoms with E-state index in [1.54, 1.807) is 0 Å². The second kappa shape index (κ2) is 7.74. The Labute approximate surface area is 109 Å². The van der Waals surface area contributed by atoms with Gasteiger partial charge in [0.15, 0.2) is 0 Å². The second-order valence-electron chi connectivity index (χ2n) is 5.70. The maximum atomic E-state index is 11.5. The van der Waals surface area contributed by atoms with Gasteiger partial charge in [0, 0.05) is 5.92 Å². The Morgan fingerprint density at radius 1 is 1.28 bits per heavy atom. The molecule has 0 aromatic rings. The number of carbonyl (C=O) groups excluding carboxylic acids is 1. The third-order valence-corrected chi connectivity index (χ3v) is 3.65. The quantitative estimate of drug-likeness (QED) is 0.514. The zero-order valence-corrected chi connectivity index (χ0v) is 11.5. The molecule has 1 saturated heterocycles. The van der Waals surface area contributed by atoms with Gasteiger partial charge in [0.2, 0.25) is 0 Å². The van der Waals surface area contributed by atoms with Crippen LogP contribution in [0.3, 0.4) is 0 Å². The first-order chi connectivity index (χ1) is 8.56. The van der Waals surface area contributed by atoms with Crippen LogP contribution in [0.1, 0.15) is 46.0 Å². The summed E-state index contributed by atoms with van der Waals surface area (Å²) in [4.78, 5) is 11.5. The van der Waals surface area contributed by atoms with E-state index >= 15 is 0 Å². The largest absolute Gasteiger partial charge is 0.465 e. The van der Waals surface area contributed by atoms with Crippen LogP contribution in [-0.2, 0) is 9.53 Å². The second-order valence-corrected chi connectivity index (χ2v) is 5.70. The van der Waals surface area contributed by atoms with Crippen LogP contribution in [0.25, 0.3) is 0 Å². The predicted molar refractivity (Wildman–Crippen MR) is 69.0 cm³/mol. The lowest BCUT2D eigenvalue weighted by atomic mass is 9.88. The van der Waals surface area contributed by atoms with Gasteiger partial charge in [-0.05, 0) is 12.3 Å². The molecule has 0 aromatic carbocycles. The van der Waals surface area contributed by atoms with E-state index < -0.39 is 12.0 Å². The molecule has 0 radical (unpaired) electrons. The Kier molecular flexibility index (Phi) is 6.65. The van der Waals surface area contributed by atoms with Crippen LogP contribution in [0.4, 0.5) is 0 Å². The molecule has 4 heteroatoms. The van der Waals surface area contributed by atoms with Gasteiger partial charge < -0.3 is 14.9 Å². The van der Waals surface area contributed by atoms with Crippen molar-refractivity contribution in [1.82, 2.24) is 0 Å². The lowest BCUT2D eigenvalue weighted by Gasteiger charge is -2.19. The minimum Gasteiger partial charge on any atom is -0.465 e. The number of esters is 1. The maximum absolute atomic E-state index is 11.5. The summed E-state index contributed by atoms with van der Waals surface area (Å²) in [6.07, 6.45) is 4.34. The summed E-state index contributed by atoms with van der Waals surface area (Å²) < 4.78 is 4.89. The molecule has 1 heterocycles. The highest BCUT2D eigenvalue weighted by Gasteiger charge is 2.40.